The number of hydrogen-bond donors (Lipinski definition) is 3. The Morgan fingerprint density at radius 3 is 2.50 bits per heavy atom. The first-order chi connectivity index (χ1) is 9.69. The van der Waals surface area contributed by atoms with Gasteiger partial charge in [0.2, 0.25) is 0 Å². The van der Waals surface area contributed by atoms with E-state index in [0.717, 1.165) is 38.8 Å². The third-order valence-corrected chi connectivity index (χ3v) is 3.09. The smallest absolute Gasteiger partial charge is 0.329 e. The monoisotopic (exact) mass is 282 g/mol. The summed E-state index contributed by atoms with van der Waals surface area (Å²) in [7, 11) is 0. The lowest BCUT2D eigenvalue weighted by molar-refractivity contribution is 0.564. The van der Waals surface area contributed by atoms with Crippen LogP contribution in [0.3, 0.4) is 0 Å². The van der Waals surface area contributed by atoms with Crippen molar-refractivity contribution in [1.29, 1.82) is 0 Å². The lowest BCUT2D eigenvalue weighted by Crippen LogP contribution is -2.34. The Bertz CT molecular complexity index is 493. The number of aromatic amines is 1. The molecule has 0 saturated heterocycles. The molecule has 114 valence electrons. The predicted octanol–water partition coefficient (Wildman–Crippen LogP) is 1.14. The lowest BCUT2D eigenvalue weighted by atomic mass is 10.3. The standard InChI is InChI=1S/C14H26N4O2/c1-3-5-7-15-9-10-18-12(16-8-6-4-2)11-13(19)17-14(18)20/h11,15-16H,3-10H2,1-2H3,(H,17,19,20). The number of aromatic nitrogens is 2. The SMILES string of the molecule is CCCCNCCn1c(NCCCC)cc(=O)[nH]c1=O. The molecule has 3 N–H and O–H groups in total. The van der Waals surface area contributed by atoms with E-state index in [9.17, 15) is 9.59 Å². The van der Waals surface area contributed by atoms with Crippen LogP contribution in [0.2, 0.25) is 0 Å². The summed E-state index contributed by atoms with van der Waals surface area (Å²) in [6, 6.07) is 1.45. The summed E-state index contributed by atoms with van der Waals surface area (Å²) in [6.45, 7) is 7.23. The lowest BCUT2D eigenvalue weighted by Gasteiger charge is -2.13. The van der Waals surface area contributed by atoms with E-state index in [1.807, 2.05) is 0 Å². The number of rotatable bonds is 10. The van der Waals surface area contributed by atoms with E-state index in [1.165, 1.54) is 6.07 Å². The molecule has 0 saturated carbocycles. The van der Waals surface area contributed by atoms with Gasteiger partial charge in [0, 0.05) is 25.7 Å². The molecule has 1 heterocycles. The fourth-order valence-corrected chi connectivity index (χ4v) is 1.90. The number of nitrogens with zero attached hydrogens (tertiary/aromatic N) is 1. The van der Waals surface area contributed by atoms with Crippen LogP contribution in [-0.2, 0) is 6.54 Å². The highest BCUT2D eigenvalue weighted by molar-refractivity contribution is 5.33. The molecule has 0 atom stereocenters. The summed E-state index contributed by atoms with van der Waals surface area (Å²) < 4.78 is 1.58. The van der Waals surface area contributed by atoms with E-state index in [4.69, 9.17) is 0 Å². The van der Waals surface area contributed by atoms with Crippen LogP contribution >= 0.6 is 0 Å². The highest BCUT2D eigenvalue weighted by Crippen LogP contribution is 2.01. The van der Waals surface area contributed by atoms with Gasteiger partial charge in [-0.15, -0.1) is 0 Å². The van der Waals surface area contributed by atoms with Crippen molar-refractivity contribution in [2.24, 2.45) is 0 Å². The van der Waals surface area contributed by atoms with Crippen molar-refractivity contribution in [3.63, 3.8) is 0 Å². The molecule has 0 aliphatic heterocycles. The fraction of sp³-hybridized carbons (Fsp3) is 0.714. The van der Waals surface area contributed by atoms with Gasteiger partial charge in [-0.2, -0.15) is 0 Å². The number of unbranched alkanes of at least 4 members (excludes halogenated alkanes) is 2. The van der Waals surface area contributed by atoms with Crippen molar-refractivity contribution < 1.29 is 0 Å². The van der Waals surface area contributed by atoms with E-state index >= 15 is 0 Å². The molecule has 20 heavy (non-hydrogen) atoms. The van der Waals surface area contributed by atoms with Crippen molar-refractivity contribution in [2.75, 3.05) is 25.0 Å². The number of H-pyrrole nitrogens is 1. The zero-order valence-electron chi connectivity index (χ0n) is 12.5. The highest BCUT2D eigenvalue weighted by atomic mass is 16.2. The van der Waals surface area contributed by atoms with Crippen molar-refractivity contribution in [3.05, 3.63) is 26.9 Å². The first-order valence-corrected chi connectivity index (χ1v) is 7.47. The number of anilines is 1. The molecule has 6 nitrogen and oxygen atoms in total. The Kier molecular flexibility index (Phi) is 7.72. The number of hydrogen-bond acceptors (Lipinski definition) is 4. The second kappa shape index (κ2) is 9.36. The van der Waals surface area contributed by atoms with Crippen molar-refractivity contribution >= 4 is 5.82 Å². The van der Waals surface area contributed by atoms with Gasteiger partial charge in [-0.3, -0.25) is 14.3 Å². The van der Waals surface area contributed by atoms with Crippen molar-refractivity contribution in [1.82, 2.24) is 14.9 Å². The molecule has 0 aliphatic rings. The first-order valence-electron chi connectivity index (χ1n) is 7.47. The zero-order chi connectivity index (χ0) is 14.8. The first kappa shape index (κ1) is 16.5. The molecule has 1 aromatic heterocycles. The fourth-order valence-electron chi connectivity index (χ4n) is 1.90. The average Bonchev–Trinajstić information content (AvgIpc) is 2.41. The van der Waals surface area contributed by atoms with Gasteiger partial charge < -0.3 is 10.6 Å². The van der Waals surface area contributed by atoms with Gasteiger partial charge >= 0.3 is 5.69 Å². The van der Waals surface area contributed by atoms with Crippen LogP contribution in [0.1, 0.15) is 39.5 Å². The Morgan fingerprint density at radius 1 is 1.10 bits per heavy atom. The van der Waals surface area contributed by atoms with Crippen LogP contribution in [0.4, 0.5) is 5.82 Å². The van der Waals surface area contributed by atoms with E-state index < -0.39 is 0 Å². The van der Waals surface area contributed by atoms with Gasteiger partial charge in [-0.05, 0) is 19.4 Å². The molecule has 0 radical (unpaired) electrons. The van der Waals surface area contributed by atoms with E-state index in [0.29, 0.717) is 18.9 Å². The third-order valence-electron chi connectivity index (χ3n) is 3.09. The minimum atomic E-state index is -0.357. The van der Waals surface area contributed by atoms with Crippen LogP contribution < -0.4 is 21.9 Å². The van der Waals surface area contributed by atoms with Crippen LogP contribution in [0.25, 0.3) is 0 Å². The Morgan fingerprint density at radius 2 is 1.80 bits per heavy atom. The van der Waals surface area contributed by atoms with E-state index in [1.54, 1.807) is 4.57 Å². The molecule has 6 heteroatoms. The van der Waals surface area contributed by atoms with Crippen molar-refractivity contribution in [3.8, 4) is 0 Å². The van der Waals surface area contributed by atoms with E-state index in [2.05, 4.69) is 29.5 Å². The Balaban J connectivity index is 2.66. The predicted molar refractivity (Wildman–Crippen MR) is 82.5 cm³/mol. The van der Waals surface area contributed by atoms with Gasteiger partial charge in [-0.1, -0.05) is 26.7 Å². The Hall–Kier alpha value is -1.56. The molecule has 0 aromatic carbocycles. The summed E-state index contributed by atoms with van der Waals surface area (Å²) in [5.74, 6) is 0.601. The van der Waals surface area contributed by atoms with Crippen LogP contribution in [-0.4, -0.2) is 29.2 Å². The summed E-state index contributed by atoms with van der Waals surface area (Å²) >= 11 is 0. The minimum absolute atomic E-state index is 0.353. The molecular weight excluding hydrogens is 256 g/mol. The van der Waals surface area contributed by atoms with Crippen LogP contribution in [0.5, 0.6) is 0 Å². The molecule has 1 aromatic rings. The normalized spacial score (nSPS) is 10.7. The quantitative estimate of drug-likeness (QED) is 0.562. The molecule has 1 rings (SSSR count). The average molecular weight is 282 g/mol. The number of nitrogens with one attached hydrogen (secondary N) is 3. The maximum absolute atomic E-state index is 11.9. The van der Waals surface area contributed by atoms with Gasteiger partial charge in [0.25, 0.3) is 5.56 Å². The van der Waals surface area contributed by atoms with Gasteiger partial charge in [0.15, 0.2) is 0 Å². The molecule has 0 fully saturated rings. The maximum Gasteiger partial charge on any atom is 0.329 e. The topological polar surface area (TPSA) is 78.9 Å². The summed E-state index contributed by atoms with van der Waals surface area (Å²) in [6.07, 6.45) is 4.35. The van der Waals surface area contributed by atoms with Crippen molar-refractivity contribution in [2.45, 2.75) is 46.1 Å². The second-order valence-corrected chi connectivity index (χ2v) is 4.86. The third kappa shape index (κ3) is 5.61. The van der Waals surface area contributed by atoms with E-state index in [-0.39, 0.29) is 11.2 Å². The largest absolute Gasteiger partial charge is 0.371 e. The molecule has 0 unspecified atom stereocenters. The summed E-state index contributed by atoms with van der Waals surface area (Å²) in [5.41, 5.74) is -0.710. The molecule has 0 bridgehead atoms. The molecule has 0 spiro atoms. The minimum Gasteiger partial charge on any atom is -0.371 e. The zero-order valence-corrected chi connectivity index (χ0v) is 12.5. The summed E-state index contributed by atoms with van der Waals surface area (Å²) in [4.78, 5) is 25.5. The maximum atomic E-state index is 11.9. The van der Waals surface area contributed by atoms with Gasteiger partial charge in [-0.25, -0.2) is 4.79 Å². The van der Waals surface area contributed by atoms with Gasteiger partial charge in [0.05, 0.1) is 0 Å². The van der Waals surface area contributed by atoms with Crippen LogP contribution in [0.15, 0.2) is 15.7 Å². The van der Waals surface area contributed by atoms with Crippen LogP contribution in [0, 0.1) is 0 Å². The summed E-state index contributed by atoms with van der Waals surface area (Å²) in [5, 5.41) is 6.45. The van der Waals surface area contributed by atoms with Gasteiger partial charge in [0.1, 0.15) is 5.82 Å². The molecular formula is C14H26N4O2. The molecule has 0 amide bonds. The second-order valence-electron chi connectivity index (χ2n) is 4.86. The highest BCUT2D eigenvalue weighted by Gasteiger charge is 2.05. The Labute approximate surface area is 119 Å². The molecule has 0 aliphatic carbocycles.